The third-order valence-corrected chi connectivity index (χ3v) is 10.2. The van der Waals surface area contributed by atoms with Crippen LogP contribution in [0.15, 0.2) is 30.3 Å². The number of aliphatic hydroxyl groups is 1. The van der Waals surface area contributed by atoms with E-state index < -0.39 is 22.6 Å². The molecule has 0 saturated carbocycles. The molecule has 3 heterocycles. The number of carbonyl (C=O) groups excluding carboxylic acids is 3. The number of anilines is 1. The van der Waals surface area contributed by atoms with Crippen molar-refractivity contribution in [3.63, 3.8) is 0 Å². The molecule has 3 fully saturated rings. The van der Waals surface area contributed by atoms with E-state index >= 15 is 0 Å². The average Bonchev–Trinajstić information content (AvgIpc) is 3.39. The fraction of sp³-hybridized carbons (Fsp3) is 0.625. The highest BCUT2D eigenvalue weighted by Crippen LogP contribution is 2.67. The van der Waals surface area contributed by atoms with Gasteiger partial charge in [0.15, 0.2) is 0 Å². The van der Waals surface area contributed by atoms with Gasteiger partial charge in [0.05, 0.1) is 16.6 Å². The molecule has 3 unspecified atom stereocenters. The van der Waals surface area contributed by atoms with E-state index in [1.165, 1.54) is 0 Å². The first-order valence-electron chi connectivity index (χ1n) is 11.8. The molecule has 0 radical (unpaired) electrons. The lowest BCUT2D eigenvalue weighted by Crippen LogP contribution is -2.54. The zero-order valence-electron chi connectivity index (χ0n) is 18.8. The van der Waals surface area contributed by atoms with Crippen LogP contribution in [0, 0.1) is 11.8 Å². The number of unbranched alkanes of at least 4 members (excludes halogenated alkanes) is 2. The smallest absolute Gasteiger partial charge is 0.244 e. The monoisotopic (exact) mass is 537 g/mol. The molecule has 9 heteroatoms. The Morgan fingerprint density at radius 2 is 1.97 bits per heavy atom. The number of hydrogen-bond donors (Lipinski definition) is 3. The van der Waals surface area contributed by atoms with Gasteiger partial charge in [-0.05, 0) is 31.4 Å². The van der Waals surface area contributed by atoms with Crippen LogP contribution in [-0.4, -0.2) is 68.3 Å². The molecule has 3 amide bonds. The standard InChI is InChI=1S/C24H32BrN3O4S/c1-2-3-7-11-26-22(31)20-24-14-16(25)19(33-24)17(18(24)23(32)28(20)12-8-13-29)21(30)27-15-9-5-4-6-10-15/h4-6,9-10,16-20,29H,2-3,7-8,11-14H2,1H3,(H,26,31)(H,27,30)/t16?,17-,18-,19-,20?,24?/m0/s1. The SMILES string of the molecule is CCCCCNC(=O)C1N(CCCO)C(=O)[C@@H]2[C@H](C(=O)Nc3ccccc3)[C@H]3SC12CC3Br. The predicted octanol–water partition coefficient (Wildman–Crippen LogP) is 2.78. The molecule has 3 N–H and O–H groups in total. The molecule has 7 nitrogen and oxygen atoms in total. The largest absolute Gasteiger partial charge is 0.396 e. The lowest BCUT2D eigenvalue weighted by Gasteiger charge is -2.35. The number of alkyl halides is 1. The number of rotatable bonds is 10. The van der Waals surface area contributed by atoms with Crippen LogP contribution in [0.5, 0.6) is 0 Å². The lowest BCUT2D eigenvalue weighted by atomic mass is 9.70. The van der Waals surface area contributed by atoms with Crippen molar-refractivity contribution in [3.8, 4) is 0 Å². The molecule has 180 valence electrons. The van der Waals surface area contributed by atoms with Gasteiger partial charge in [0.25, 0.3) is 0 Å². The molecular weight excluding hydrogens is 506 g/mol. The number of fused-ring (bicyclic) bond motifs is 1. The van der Waals surface area contributed by atoms with Crippen molar-refractivity contribution in [2.24, 2.45) is 11.8 Å². The Morgan fingerprint density at radius 1 is 1.21 bits per heavy atom. The highest BCUT2D eigenvalue weighted by Gasteiger charge is 2.75. The van der Waals surface area contributed by atoms with Crippen LogP contribution >= 0.6 is 27.7 Å². The maximum absolute atomic E-state index is 13.7. The number of likely N-dealkylation sites (tertiary alicyclic amines) is 1. The second-order valence-corrected chi connectivity index (χ2v) is 11.8. The van der Waals surface area contributed by atoms with E-state index in [2.05, 4.69) is 33.5 Å². The lowest BCUT2D eigenvalue weighted by molar-refractivity contribution is -0.139. The Hall–Kier alpha value is -1.58. The van der Waals surface area contributed by atoms with Gasteiger partial charge in [-0.1, -0.05) is 53.9 Å². The molecule has 1 aromatic carbocycles. The second-order valence-electron chi connectivity index (χ2n) is 9.13. The Bertz CT molecular complexity index is 888. The summed E-state index contributed by atoms with van der Waals surface area (Å²) in [5.41, 5.74) is 0.697. The molecule has 6 atom stereocenters. The van der Waals surface area contributed by atoms with Gasteiger partial charge in [0, 0.05) is 35.5 Å². The van der Waals surface area contributed by atoms with Crippen molar-refractivity contribution in [2.75, 3.05) is 25.0 Å². The average molecular weight is 539 g/mol. The van der Waals surface area contributed by atoms with Gasteiger partial charge in [0.2, 0.25) is 17.7 Å². The van der Waals surface area contributed by atoms with Crippen LogP contribution in [0.2, 0.25) is 0 Å². The molecule has 3 aliphatic heterocycles. The molecule has 3 aliphatic rings. The van der Waals surface area contributed by atoms with Crippen molar-refractivity contribution in [2.45, 2.75) is 59.9 Å². The van der Waals surface area contributed by atoms with Crippen molar-refractivity contribution in [1.29, 1.82) is 0 Å². The van der Waals surface area contributed by atoms with Crippen LogP contribution in [0.25, 0.3) is 0 Å². The quantitative estimate of drug-likeness (QED) is 0.315. The molecule has 1 spiro atoms. The van der Waals surface area contributed by atoms with E-state index in [1.807, 2.05) is 30.3 Å². The van der Waals surface area contributed by atoms with E-state index in [1.54, 1.807) is 16.7 Å². The summed E-state index contributed by atoms with van der Waals surface area (Å²) in [6, 6.07) is 8.63. The Labute approximate surface area is 207 Å². The number of aliphatic hydroxyl groups excluding tert-OH is 1. The summed E-state index contributed by atoms with van der Waals surface area (Å²) in [7, 11) is 0. The highest BCUT2D eigenvalue weighted by molar-refractivity contribution is 9.09. The third kappa shape index (κ3) is 4.44. The van der Waals surface area contributed by atoms with Crippen molar-refractivity contribution in [1.82, 2.24) is 10.2 Å². The minimum atomic E-state index is -0.640. The molecule has 0 aliphatic carbocycles. The topological polar surface area (TPSA) is 98.7 Å². The minimum Gasteiger partial charge on any atom is -0.396 e. The second kappa shape index (κ2) is 10.4. The summed E-state index contributed by atoms with van der Waals surface area (Å²) in [5.74, 6) is -1.52. The zero-order valence-corrected chi connectivity index (χ0v) is 21.2. The Kier molecular flexibility index (Phi) is 7.70. The summed E-state index contributed by atoms with van der Waals surface area (Å²) < 4.78 is -0.640. The number of thioether (sulfide) groups is 1. The normalized spacial score (nSPS) is 32.2. The van der Waals surface area contributed by atoms with Crippen LogP contribution in [0.3, 0.4) is 0 Å². The fourth-order valence-electron chi connectivity index (χ4n) is 5.64. The number of amides is 3. The number of halogens is 1. The van der Waals surface area contributed by atoms with Crippen LogP contribution in [0.1, 0.15) is 39.0 Å². The third-order valence-electron chi connectivity index (χ3n) is 7.02. The van der Waals surface area contributed by atoms with Gasteiger partial charge >= 0.3 is 0 Å². The number of carbonyl (C=O) groups is 3. The number of nitrogens with zero attached hydrogens (tertiary/aromatic N) is 1. The molecule has 3 saturated heterocycles. The van der Waals surface area contributed by atoms with E-state index in [-0.39, 0.29) is 34.4 Å². The van der Waals surface area contributed by atoms with Crippen LogP contribution in [-0.2, 0) is 14.4 Å². The van der Waals surface area contributed by atoms with Gasteiger partial charge in [-0.3, -0.25) is 14.4 Å². The van der Waals surface area contributed by atoms with Crippen LogP contribution < -0.4 is 10.6 Å². The highest BCUT2D eigenvalue weighted by atomic mass is 79.9. The molecule has 4 rings (SSSR count). The van der Waals surface area contributed by atoms with E-state index in [9.17, 15) is 19.5 Å². The fourth-order valence-corrected chi connectivity index (χ4v) is 9.26. The molecule has 2 bridgehead atoms. The number of nitrogens with one attached hydrogen (secondary N) is 2. The van der Waals surface area contributed by atoms with Crippen molar-refractivity contribution < 1.29 is 19.5 Å². The maximum Gasteiger partial charge on any atom is 0.244 e. The number of para-hydroxylation sites is 1. The summed E-state index contributed by atoms with van der Waals surface area (Å²) in [4.78, 5) is 42.2. The van der Waals surface area contributed by atoms with Crippen molar-refractivity contribution in [3.05, 3.63) is 30.3 Å². The zero-order chi connectivity index (χ0) is 23.6. The molecule has 1 aromatic rings. The summed E-state index contributed by atoms with van der Waals surface area (Å²) in [6.07, 6.45) is 4.06. The van der Waals surface area contributed by atoms with E-state index in [0.717, 1.165) is 19.3 Å². The Morgan fingerprint density at radius 3 is 2.67 bits per heavy atom. The first kappa shape index (κ1) is 24.5. The van der Waals surface area contributed by atoms with Gasteiger partial charge < -0.3 is 20.6 Å². The van der Waals surface area contributed by atoms with E-state index in [4.69, 9.17) is 0 Å². The first-order chi connectivity index (χ1) is 15.9. The molecular formula is C24H32BrN3O4S. The summed E-state index contributed by atoms with van der Waals surface area (Å²) in [5, 5.41) is 15.4. The summed E-state index contributed by atoms with van der Waals surface area (Å²) >= 11 is 5.39. The van der Waals surface area contributed by atoms with E-state index in [0.29, 0.717) is 31.6 Å². The number of hydrogen-bond acceptors (Lipinski definition) is 5. The minimum absolute atomic E-state index is 0.0475. The van der Waals surface area contributed by atoms with Gasteiger partial charge in [-0.15, -0.1) is 11.8 Å². The van der Waals surface area contributed by atoms with Crippen LogP contribution in [0.4, 0.5) is 5.69 Å². The van der Waals surface area contributed by atoms with Gasteiger partial charge in [-0.25, -0.2) is 0 Å². The van der Waals surface area contributed by atoms with Crippen molar-refractivity contribution >= 4 is 51.1 Å². The maximum atomic E-state index is 13.7. The molecule has 33 heavy (non-hydrogen) atoms. The first-order valence-corrected chi connectivity index (χ1v) is 13.6. The molecule has 0 aromatic heterocycles. The predicted molar refractivity (Wildman–Crippen MR) is 133 cm³/mol. The van der Waals surface area contributed by atoms with Gasteiger partial charge in [-0.2, -0.15) is 0 Å². The van der Waals surface area contributed by atoms with Gasteiger partial charge in [0.1, 0.15) is 6.04 Å². The summed E-state index contributed by atoms with van der Waals surface area (Å²) in [6.45, 7) is 2.95. The Balaban J connectivity index is 1.62. The number of benzene rings is 1.